The first kappa shape index (κ1) is 9.66. The van der Waals surface area contributed by atoms with E-state index < -0.39 is 6.04 Å². The summed E-state index contributed by atoms with van der Waals surface area (Å²) in [7, 11) is 3.05. The predicted octanol–water partition coefficient (Wildman–Crippen LogP) is -0.622. The zero-order valence-electron chi connectivity index (χ0n) is 7.60. The number of nitrogens with two attached hydrogens (primary N) is 1. The van der Waals surface area contributed by atoms with Gasteiger partial charge >= 0.3 is 5.97 Å². The predicted molar refractivity (Wildman–Crippen MR) is 44.6 cm³/mol. The minimum absolute atomic E-state index is 0.137. The maximum atomic E-state index is 10.9. The van der Waals surface area contributed by atoms with Gasteiger partial charge in [0.25, 0.3) is 0 Å². The Morgan fingerprint density at radius 2 is 2.54 bits per heavy atom. The third kappa shape index (κ3) is 2.25. The van der Waals surface area contributed by atoms with Crippen LogP contribution in [0.25, 0.3) is 0 Å². The molecule has 72 valence electrons. The number of aryl methyl sites for hydroxylation is 1. The second kappa shape index (κ2) is 3.99. The highest BCUT2D eigenvalue weighted by atomic mass is 16.5. The van der Waals surface area contributed by atoms with E-state index in [0.717, 1.165) is 0 Å². The molecule has 0 spiro atoms. The number of carbonyl (C=O) groups excluding carboxylic acids is 1. The Kier molecular flexibility index (Phi) is 2.97. The largest absolute Gasteiger partial charge is 0.469 e. The van der Waals surface area contributed by atoms with Crippen LogP contribution in [0.1, 0.15) is 18.2 Å². The van der Waals surface area contributed by atoms with E-state index in [1.54, 1.807) is 7.05 Å². The minimum atomic E-state index is -0.410. The molecule has 0 bridgehead atoms. The molecule has 1 aromatic rings. The van der Waals surface area contributed by atoms with Gasteiger partial charge in [0, 0.05) is 7.05 Å². The normalized spacial score (nSPS) is 12.5. The molecule has 13 heavy (non-hydrogen) atoms. The topological polar surface area (TPSA) is 83.0 Å². The van der Waals surface area contributed by atoms with Crippen LogP contribution in [0, 0.1) is 0 Å². The van der Waals surface area contributed by atoms with Crippen LogP contribution in [-0.4, -0.2) is 28.1 Å². The number of esters is 1. The van der Waals surface area contributed by atoms with E-state index in [2.05, 4.69) is 15.0 Å². The third-order valence-corrected chi connectivity index (χ3v) is 1.74. The van der Waals surface area contributed by atoms with E-state index in [0.29, 0.717) is 5.69 Å². The first-order chi connectivity index (χ1) is 6.15. The summed E-state index contributed by atoms with van der Waals surface area (Å²) >= 11 is 0. The Bertz CT molecular complexity index is 296. The second-order valence-electron chi connectivity index (χ2n) is 2.67. The number of aromatic nitrogens is 3. The van der Waals surface area contributed by atoms with E-state index in [4.69, 9.17) is 5.73 Å². The lowest BCUT2D eigenvalue weighted by atomic mass is 10.1. The van der Waals surface area contributed by atoms with Crippen molar-refractivity contribution in [1.82, 2.24) is 15.0 Å². The summed E-state index contributed by atoms with van der Waals surface area (Å²) < 4.78 is 6.03. The van der Waals surface area contributed by atoms with Gasteiger partial charge in [-0.3, -0.25) is 9.48 Å². The Morgan fingerprint density at radius 1 is 1.85 bits per heavy atom. The number of hydrogen-bond donors (Lipinski definition) is 1. The molecule has 0 amide bonds. The molecule has 1 rings (SSSR count). The molecule has 0 aromatic carbocycles. The average molecular weight is 184 g/mol. The first-order valence-electron chi connectivity index (χ1n) is 3.82. The third-order valence-electron chi connectivity index (χ3n) is 1.74. The molecule has 0 unspecified atom stereocenters. The van der Waals surface area contributed by atoms with Crippen LogP contribution in [0.3, 0.4) is 0 Å². The number of rotatable bonds is 3. The van der Waals surface area contributed by atoms with Gasteiger partial charge in [-0.1, -0.05) is 5.21 Å². The van der Waals surface area contributed by atoms with Gasteiger partial charge in [0.2, 0.25) is 0 Å². The molecule has 0 radical (unpaired) electrons. The monoisotopic (exact) mass is 184 g/mol. The van der Waals surface area contributed by atoms with Gasteiger partial charge in [-0.25, -0.2) is 0 Å². The first-order valence-corrected chi connectivity index (χ1v) is 3.82. The Balaban J connectivity index is 2.63. The van der Waals surface area contributed by atoms with Crippen LogP contribution in [0.15, 0.2) is 6.20 Å². The molecular weight excluding hydrogens is 172 g/mol. The number of methoxy groups -OCH3 is 1. The number of carbonyl (C=O) groups is 1. The summed E-state index contributed by atoms with van der Waals surface area (Å²) in [5, 5.41) is 7.36. The van der Waals surface area contributed by atoms with Crippen LogP contribution >= 0.6 is 0 Å². The SMILES string of the molecule is COC(=O)C[C@@H](N)c1cnnn1C. The summed E-state index contributed by atoms with van der Waals surface area (Å²) in [6.45, 7) is 0. The summed E-state index contributed by atoms with van der Waals surface area (Å²) in [4.78, 5) is 10.9. The van der Waals surface area contributed by atoms with Crippen LogP contribution in [0.4, 0.5) is 0 Å². The van der Waals surface area contributed by atoms with Crippen molar-refractivity contribution in [1.29, 1.82) is 0 Å². The maximum Gasteiger partial charge on any atom is 0.307 e. The molecule has 1 heterocycles. The average Bonchev–Trinajstić information content (AvgIpc) is 2.51. The molecule has 0 aliphatic rings. The van der Waals surface area contributed by atoms with E-state index in [9.17, 15) is 4.79 Å². The van der Waals surface area contributed by atoms with Gasteiger partial charge < -0.3 is 10.5 Å². The van der Waals surface area contributed by atoms with E-state index >= 15 is 0 Å². The van der Waals surface area contributed by atoms with E-state index in [1.165, 1.54) is 18.0 Å². The summed E-state index contributed by atoms with van der Waals surface area (Å²) in [5.74, 6) is -0.339. The standard InChI is InChI=1S/C7H12N4O2/c1-11-6(4-9-10-11)5(8)3-7(12)13-2/h4-5H,3,8H2,1-2H3/t5-/m1/s1. The summed E-state index contributed by atoms with van der Waals surface area (Å²) in [6, 6.07) is -0.410. The molecular formula is C7H12N4O2. The van der Waals surface area contributed by atoms with Crippen LogP contribution in [-0.2, 0) is 16.6 Å². The molecule has 2 N–H and O–H groups in total. The summed E-state index contributed by atoms with van der Waals surface area (Å²) in [6.07, 6.45) is 1.67. The summed E-state index contributed by atoms with van der Waals surface area (Å²) in [5.41, 5.74) is 6.43. The number of nitrogens with zero attached hydrogens (tertiary/aromatic N) is 3. The highest BCUT2D eigenvalue weighted by Gasteiger charge is 2.15. The zero-order chi connectivity index (χ0) is 9.84. The molecule has 0 fully saturated rings. The van der Waals surface area contributed by atoms with Gasteiger partial charge in [-0.2, -0.15) is 0 Å². The molecule has 1 atom stereocenters. The van der Waals surface area contributed by atoms with Crippen molar-refractivity contribution in [2.75, 3.05) is 7.11 Å². The fourth-order valence-corrected chi connectivity index (χ4v) is 1.00. The molecule has 0 aliphatic heterocycles. The molecule has 0 saturated carbocycles. The van der Waals surface area contributed by atoms with Crippen LogP contribution < -0.4 is 5.73 Å². The Labute approximate surface area is 75.7 Å². The van der Waals surface area contributed by atoms with E-state index in [1.807, 2.05) is 0 Å². The fourth-order valence-electron chi connectivity index (χ4n) is 1.00. The van der Waals surface area contributed by atoms with Crippen LogP contribution in [0.5, 0.6) is 0 Å². The highest BCUT2D eigenvalue weighted by molar-refractivity contribution is 5.70. The lowest BCUT2D eigenvalue weighted by molar-refractivity contribution is -0.141. The fraction of sp³-hybridized carbons (Fsp3) is 0.571. The molecule has 0 aliphatic carbocycles. The van der Waals surface area contributed by atoms with Gasteiger partial charge in [0.05, 0.1) is 31.5 Å². The lowest BCUT2D eigenvalue weighted by Crippen LogP contribution is -2.19. The minimum Gasteiger partial charge on any atom is -0.469 e. The van der Waals surface area contributed by atoms with Crippen LogP contribution in [0.2, 0.25) is 0 Å². The van der Waals surface area contributed by atoms with Crippen molar-refractivity contribution in [3.8, 4) is 0 Å². The van der Waals surface area contributed by atoms with Crippen molar-refractivity contribution in [3.63, 3.8) is 0 Å². The lowest BCUT2D eigenvalue weighted by Gasteiger charge is -2.08. The molecule has 0 saturated heterocycles. The van der Waals surface area contributed by atoms with Gasteiger partial charge in [0.1, 0.15) is 0 Å². The van der Waals surface area contributed by atoms with E-state index in [-0.39, 0.29) is 12.4 Å². The Hall–Kier alpha value is -1.43. The van der Waals surface area contributed by atoms with Crippen molar-refractivity contribution >= 4 is 5.97 Å². The van der Waals surface area contributed by atoms with Crippen molar-refractivity contribution in [2.45, 2.75) is 12.5 Å². The second-order valence-corrected chi connectivity index (χ2v) is 2.67. The van der Waals surface area contributed by atoms with Crippen molar-refractivity contribution < 1.29 is 9.53 Å². The van der Waals surface area contributed by atoms with Crippen molar-refractivity contribution in [2.24, 2.45) is 12.8 Å². The Morgan fingerprint density at radius 3 is 3.00 bits per heavy atom. The van der Waals surface area contributed by atoms with Gasteiger partial charge in [-0.15, -0.1) is 5.10 Å². The molecule has 6 heteroatoms. The van der Waals surface area contributed by atoms with Gasteiger partial charge in [-0.05, 0) is 0 Å². The quantitative estimate of drug-likeness (QED) is 0.633. The zero-order valence-corrected chi connectivity index (χ0v) is 7.60. The van der Waals surface area contributed by atoms with Crippen molar-refractivity contribution in [3.05, 3.63) is 11.9 Å². The molecule has 1 aromatic heterocycles. The maximum absolute atomic E-state index is 10.9. The molecule has 6 nitrogen and oxygen atoms in total. The smallest absolute Gasteiger partial charge is 0.307 e. The van der Waals surface area contributed by atoms with Gasteiger partial charge in [0.15, 0.2) is 0 Å². The highest BCUT2D eigenvalue weighted by Crippen LogP contribution is 2.11. The number of ether oxygens (including phenoxy) is 1. The number of hydrogen-bond acceptors (Lipinski definition) is 5.